The van der Waals surface area contributed by atoms with Gasteiger partial charge in [0, 0.05) is 5.57 Å². The minimum Gasteiger partial charge on any atom is -0.460 e. The van der Waals surface area contributed by atoms with Crippen molar-refractivity contribution in [3.63, 3.8) is 0 Å². The van der Waals surface area contributed by atoms with Gasteiger partial charge in [0.2, 0.25) is 0 Å². The Kier molecular flexibility index (Phi) is 13.0. The van der Waals surface area contributed by atoms with Gasteiger partial charge >= 0.3 is 18.3 Å². The van der Waals surface area contributed by atoms with Crippen molar-refractivity contribution in [2.24, 2.45) is 0 Å². The second kappa shape index (κ2) is 14.5. The molecule has 0 aromatic carbocycles. The zero-order chi connectivity index (χ0) is 19.8. The van der Waals surface area contributed by atoms with Crippen molar-refractivity contribution < 1.29 is 42.8 Å². The zero-order valence-electron chi connectivity index (χ0n) is 14.8. The van der Waals surface area contributed by atoms with Crippen LogP contribution in [0.15, 0.2) is 37.5 Å². The van der Waals surface area contributed by atoms with Gasteiger partial charge in [0.15, 0.2) is 6.10 Å². The minimum atomic E-state index is -0.977. The number of esters is 1. The lowest BCUT2D eigenvalue weighted by molar-refractivity contribution is -0.140. The Morgan fingerprint density at radius 3 is 2.08 bits per heavy atom. The summed E-state index contributed by atoms with van der Waals surface area (Å²) >= 11 is 0. The lowest BCUT2D eigenvalue weighted by Crippen LogP contribution is -2.31. The van der Waals surface area contributed by atoms with E-state index >= 15 is 0 Å². The van der Waals surface area contributed by atoms with Crippen LogP contribution in [0.4, 0.5) is 9.59 Å². The van der Waals surface area contributed by atoms with Crippen molar-refractivity contribution in [1.82, 2.24) is 0 Å². The Hall–Kier alpha value is -2.81. The summed E-state index contributed by atoms with van der Waals surface area (Å²) in [5, 5.41) is 0. The first kappa shape index (κ1) is 23.2. The molecule has 0 saturated heterocycles. The van der Waals surface area contributed by atoms with Crippen LogP contribution in [0.1, 0.15) is 6.92 Å². The van der Waals surface area contributed by atoms with Crippen LogP contribution in [0.2, 0.25) is 0 Å². The normalized spacial score (nSPS) is 10.8. The Morgan fingerprint density at radius 2 is 1.50 bits per heavy atom. The fraction of sp³-hybridized carbons (Fsp3) is 0.471. The van der Waals surface area contributed by atoms with Crippen LogP contribution in [0.3, 0.4) is 0 Å². The number of rotatable bonds is 13. The van der Waals surface area contributed by atoms with Crippen molar-refractivity contribution in [3.8, 4) is 0 Å². The fourth-order valence-electron chi connectivity index (χ4n) is 1.27. The summed E-state index contributed by atoms with van der Waals surface area (Å²) in [6, 6.07) is 0. The van der Waals surface area contributed by atoms with Crippen LogP contribution in [0, 0.1) is 0 Å². The summed E-state index contributed by atoms with van der Waals surface area (Å²) in [5.74, 6) is -0.539. The molecule has 0 aromatic heterocycles. The quantitative estimate of drug-likeness (QED) is 0.158. The van der Waals surface area contributed by atoms with Gasteiger partial charge in [-0.25, -0.2) is 14.4 Å². The van der Waals surface area contributed by atoms with Crippen LogP contribution < -0.4 is 0 Å². The molecule has 0 radical (unpaired) electrons. The number of hydrogen-bond acceptors (Lipinski definition) is 9. The van der Waals surface area contributed by atoms with E-state index in [1.54, 1.807) is 0 Å². The van der Waals surface area contributed by atoms with E-state index in [4.69, 9.17) is 18.9 Å². The molecule has 9 nitrogen and oxygen atoms in total. The molecule has 0 N–H and O–H groups in total. The number of hydrogen-bond donors (Lipinski definition) is 0. The molecule has 0 saturated carbocycles. The number of carbonyl (C=O) groups excluding carboxylic acids is 3. The molecule has 0 fully saturated rings. The largest absolute Gasteiger partial charge is 0.509 e. The van der Waals surface area contributed by atoms with Crippen LogP contribution >= 0.6 is 0 Å². The third-order valence-corrected chi connectivity index (χ3v) is 2.40. The molecule has 0 spiro atoms. The number of ether oxygens (including phenoxy) is 6. The lowest BCUT2D eigenvalue weighted by Gasteiger charge is -2.17. The summed E-state index contributed by atoms with van der Waals surface area (Å²) in [5.41, 5.74) is 0.266. The zero-order valence-corrected chi connectivity index (χ0v) is 14.8. The van der Waals surface area contributed by atoms with Gasteiger partial charge in [-0.2, -0.15) is 0 Å². The molecule has 0 aliphatic rings. The van der Waals surface area contributed by atoms with Gasteiger partial charge < -0.3 is 28.4 Å². The first-order chi connectivity index (χ1) is 12.4. The highest BCUT2D eigenvalue weighted by Gasteiger charge is 2.19. The molecule has 0 heterocycles. The smallest absolute Gasteiger partial charge is 0.460 e. The SMILES string of the molecule is C=CCOC(=O)OCC(COCCOC(=O)C(=C)C)OC(=O)OCC=C. The average Bonchev–Trinajstić information content (AvgIpc) is 2.61. The van der Waals surface area contributed by atoms with E-state index in [2.05, 4.69) is 29.2 Å². The molecule has 26 heavy (non-hydrogen) atoms. The fourth-order valence-corrected chi connectivity index (χ4v) is 1.27. The van der Waals surface area contributed by atoms with Crippen molar-refractivity contribution in [3.05, 3.63) is 37.5 Å². The molecule has 0 aliphatic heterocycles. The van der Waals surface area contributed by atoms with E-state index in [1.165, 1.54) is 19.1 Å². The van der Waals surface area contributed by atoms with Crippen LogP contribution in [0.5, 0.6) is 0 Å². The Bertz CT molecular complexity index is 498. The second-order valence-corrected chi connectivity index (χ2v) is 4.74. The maximum absolute atomic E-state index is 11.5. The third kappa shape index (κ3) is 12.6. The molecule has 9 heteroatoms. The van der Waals surface area contributed by atoms with E-state index in [0.717, 1.165) is 0 Å². The molecular formula is C17H24O9. The predicted molar refractivity (Wildman–Crippen MR) is 90.5 cm³/mol. The first-order valence-electron chi connectivity index (χ1n) is 7.65. The number of carbonyl (C=O) groups is 3. The molecular weight excluding hydrogens is 348 g/mol. The third-order valence-electron chi connectivity index (χ3n) is 2.40. The summed E-state index contributed by atoms with van der Waals surface area (Å²) < 4.78 is 29.2. The van der Waals surface area contributed by atoms with Crippen LogP contribution in [-0.4, -0.2) is 64.0 Å². The van der Waals surface area contributed by atoms with E-state index in [-0.39, 0.29) is 45.2 Å². The summed E-state index contributed by atoms with van der Waals surface area (Å²) in [6.07, 6.45) is -0.132. The highest BCUT2D eigenvalue weighted by Crippen LogP contribution is 2.01. The highest BCUT2D eigenvalue weighted by atomic mass is 16.8. The van der Waals surface area contributed by atoms with Gasteiger partial charge in [0.1, 0.15) is 26.4 Å². The van der Waals surface area contributed by atoms with E-state index in [0.29, 0.717) is 0 Å². The Balaban J connectivity index is 4.29. The predicted octanol–water partition coefficient (Wildman–Crippen LogP) is 2.17. The topological polar surface area (TPSA) is 107 Å². The van der Waals surface area contributed by atoms with E-state index in [1.807, 2.05) is 0 Å². The van der Waals surface area contributed by atoms with Gasteiger partial charge in [-0.05, 0) is 6.92 Å². The highest BCUT2D eigenvalue weighted by molar-refractivity contribution is 5.86. The van der Waals surface area contributed by atoms with Crippen molar-refractivity contribution in [2.45, 2.75) is 13.0 Å². The van der Waals surface area contributed by atoms with Crippen LogP contribution in [0.25, 0.3) is 0 Å². The van der Waals surface area contributed by atoms with Crippen molar-refractivity contribution >= 4 is 18.3 Å². The molecule has 1 unspecified atom stereocenters. The summed E-state index contributed by atoms with van der Waals surface area (Å²) in [6.45, 7) is 11.3. The summed E-state index contributed by atoms with van der Waals surface area (Å²) in [4.78, 5) is 34.0. The van der Waals surface area contributed by atoms with E-state index < -0.39 is 24.4 Å². The van der Waals surface area contributed by atoms with Crippen molar-refractivity contribution in [2.75, 3.05) is 39.6 Å². The monoisotopic (exact) mass is 372 g/mol. The molecule has 0 amide bonds. The molecule has 0 aromatic rings. The molecule has 0 rings (SSSR count). The van der Waals surface area contributed by atoms with Gasteiger partial charge in [-0.3, -0.25) is 0 Å². The minimum absolute atomic E-state index is 0.0123. The maximum Gasteiger partial charge on any atom is 0.509 e. The van der Waals surface area contributed by atoms with Gasteiger partial charge in [-0.15, -0.1) is 0 Å². The maximum atomic E-state index is 11.5. The molecule has 0 aliphatic carbocycles. The van der Waals surface area contributed by atoms with Gasteiger partial charge in [0.25, 0.3) is 0 Å². The standard InChI is InChI=1S/C17H24O9/c1-5-7-23-16(19)25-12-14(26-17(20)24-8-6-2)11-21-9-10-22-15(18)13(3)4/h5-6,14H,1-3,7-12H2,4H3. The van der Waals surface area contributed by atoms with Crippen LogP contribution in [-0.2, 0) is 33.2 Å². The Labute approximate surface area is 152 Å². The molecule has 146 valence electrons. The van der Waals surface area contributed by atoms with Gasteiger partial charge in [-0.1, -0.05) is 31.9 Å². The summed E-state index contributed by atoms with van der Waals surface area (Å²) in [7, 11) is 0. The second-order valence-electron chi connectivity index (χ2n) is 4.74. The Morgan fingerprint density at radius 1 is 0.885 bits per heavy atom. The lowest BCUT2D eigenvalue weighted by atomic mass is 10.4. The van der Waals surface area contributed by atoms with E-state index in [9.17, 15) is 14.4 Å². The van der Waals surface area contributed by atoms with Gasteiger partial charge in [0.05, 0.1) is 13.2 Å². The first-order valence-corrected chi connectivity index (χ1v) is 7.65. The van der Waals surface area contributed by atoms with Crippen molar-refractivity contribution in [1.29, 1.82) is 0 Å². The molecule has 0 bridgehead atoms. The molecule has 1 atom stereocenters. The average molecular weight is 372 g/mol.